The number of thioether (sulfide) groups is 1. The Morgan fingerprint density at radius 2 is 2.05 bits per heavy atom. The number of benzene rings is 1. The van der Waals surface area contributed by atoms with Crippen LogP contribution >= 0.6 is 11.8 Å². The van der Waals surface area contributed by atoms with Crippen LogP contribution in [0.15, 0.2) is 41.6 Å². The summed E-state index contributed by atoms with van der Waals surface area (Å²) in [4.78, 5) is 4.82. The van der Waals surface area contributed by atoms with Crippen molar-refractivity contribution in [2.45, 2.75) is 24.0 Å². The fourth-order valence-corrected chi connectivity index (χ4v) is 2.74. The summed E-state index contributed by atoms with van der Waals surface area (Å²) in [5.74, 6) is -0.0757. The maximum absolute atomic E-state index is 12.4. The van der Waals surface area contributed by atoms with Crippen molar-refractivity contribution in [1.29, 1.82) is 0 Å². The van der Waals surface area contributed by atoms with Crippen LogP contribution in [-0.2, 0) is 7.05 Å². The van der Waals surface area contributed by atoms with Crippen molar-refractivity contribution in [1.82, 2.24) is 9.55 Å². The first-order valence-corrected chi connectivity index (χ1v) is 7.38. The molecule has 0 radical (unpaired) electrons. The molecule has 114 valence electrons. The van der Waals surface area contributed by atoms with Crippen molar-refractivity contribution in [3.05, 3.63) is 42.5 Å². The third-order valence-electron chi connectivity index (χ3n) is 2.90. The van der Waals surface area contributed by atoms with Gasteiger partial charge in [0.15, 0.2) is 0 Å². The lowest BCUT2D eigenvalue weighted by molar-refractivity contribution is -0.105. The van der Waals surface area contributed by atoms with Crippen molar-refractivity contribution in [3.63, 3.8) is 0 Å². The lowest BCUT2D eigenvalue weighted by Crippen LogP contribution is -2.13. The molecular formula is C14H16F3N3S. The van der Waals surface area contributed by atoms with E-state index in [4.69, 9.17) is 0 Å². The minimum absolute atomic E-state index is 0.0994. The predicted octanol–water partition coefficient (Wildman–Crippen LogP) is 4.25. The molecule has 7 heteroatoms. The zero-order valence-electron chi connectivity index (χ0n) is 11.7. The SMILES string of the molecule is CC(Nc1ccccc1SCC(F)(F)F)c1nccn1C. The number of hydrogen-bond donors (Lipinski definition) is 1. The fraction of sp³-hybridized carbons (Fsp3) is 0.357. The van der Waals surface area contributed by atoms with E-state index in [1.807, 2.05) is 24.7 Å². The number of aryl methyl sites for hydroxylation is 1. The number of halogens is 3. The molecule has 0 aliphatic rings. The van der Waals surface area contributed by atoms with Crippen molar-refractivity contribution in [3.8, 4) is 0 Å². The van der Waals surface area contributed by atoms with Crippen LogP contribution in [0.1, 0.15) is 18.8 Å². The van der Waals surface area contributed by atoms with Crippen LogP contribution in [0.3, 0.4) is 0 Å². The molecule has 1 aromatic carbocycles. The lowest BCUT2D eigenvalue weighted by Gasteiger charge is -2.18. The van der Waals surface area contributed by atoms with E-state index in [9.17, 15) is 13.2 Å². The Kier molecular flexibility index (Phi) is 4.82. The van der Waals surface area contributed by atoms with E-state index < -0.39 is 11.9 Å². The van der Waals surface area contributed by atoms with Gasteiger partial charge in [0, 0.05) is 30.0 Å². The molecule has 1 unspecified atom stereocenters. The Labute approximate surface area is 125 Å². The van der Waals surface area contributed by atoms with Gasteiger partial charge in [-0.05, 0) is 19.1 Å². The number of anilines is 1. The molecule has 1 atom stereocenters. The van der Waals surface area contributed by atoms with E-state index in [2.05, 4.69) is 10.3 Å². The van der Waals surface area contributed by atoms with Gasteiger partial charge in [-0.15, -0.1) is 11.8 Å². The number of imidazole rings is 1. The first-order valence-electron chi connectivity index (χ1n) is 6.39. The molecule has 0 aliphatic carbocycles. The highest BCUT2D eigenvalue weighted by atomic mass is 32.2. The average molecular weight is 315 g/mol. The van der Waals surface area contributed by atoms with Crippen LogP contribution in [0, 0.1) is 0 Å². The van der Waals surface area contributed by atoms with Gasteiger partial charge in [0.1, 0.15) is 5.82 Å². The van der Waals surface area contributed by atoms with E-state index >= 15 is 0 Å². The maximum Gasteiger partial charge on any atom is 0.398 e. The van der Waals surface area contributed by atoms with Gasteiger partial charge in [0.05, 0.1) is 11.8 Å². The highest BCUT2D eigenvalue weighted by Crippen LogP contribution is 2.33. The highest BCUT2D eigenvalue weighted by Gasteiger charge is 2.27. The van der Waals surface area contributed by atoms with Crippen LogP contribution in [0.4, 0.5) is 18.9 Å². The molecule has 1 N–H and O–H groups in total. The first-order chi connectivity index (χ1) is 9.87. The van der Waals surface area contributed by atoms with Gasteiger partial charge in [0.2, 0.25) is 0 Å². The summed E-state index contributed by atoms with van der Waals surface area (Å²) in [6.45, 7) is 1.92. The molecule has 0 spiro atoms. The van der Waals surface area contributed by atoms with Gasteiger partial charge >= 0.3 is 6.18 Å². The highest BCUT2D eigenvalue weighted by molar-refractivity contribution is 7.99. The molecule has 0 saturated carbocycles. The summed E-state index contributed by atoms with van der Waals surface area (Å²) in [7, 11) is 1.88. The quantitative estimate of drug-likeness (QED) is 0.837. The molecule has 3 nitrogen and oxygen atoms in total. The topological polar surface area (TPSA) is 29.9 Å². The minimum Gasteiger partial charge on any atom is -0.374 e. The molecule has 2 rings (SSSR count). The van der Waals surface area contributed by atoms with Crippen molar-refractivity contribution in [2.24, 2.45) is 7.05 Å². The second-order valence-corrected chi connectivity index (χ2v) is 5.68. The molecule has 2 aromatic rings. The Hall–Kier alpha value is -1.63. The lowest BCUT2D eigenvalue weighted by atomic mass is 10.2. The van der Waals surface area contributed by atoms with Crippen LogP contribution in [0.2, 0.25) is 0 Å². The van der Waals surface area contributed by atoms with Crippen LogP contribution in [-0.4, -0.2) is 21.5 Å². The first kappa shape index (κ1) is 15.8. The van der Waals surface area contributed by atoms with Crippen LogP contribution in [0.5, 0.6) is 0 Å². The second kappa shape index (κ2) is 6.43. The smallest absolute Gasteiger partial charge is 0.374 e. The molecule has 0 aliphatic heterocycles. The Morgan fingerprint density at radius 1 is 1.33 bits per heavy atom. The summed E-state index contributed by atoms with van der Waals surface area (Å²) in [5.41, 5.74) is 0.683. The average Bonchev–Trinajstić information content (AvgIpc) is 2.83. The molecule has 1 aromatic heterocycles. The summed E-state index contributed by atoms with van der Waals surface area (Å²) in [6, 6.07) is 6.89. The monoisotopic (exact) mass is 315 g/mol. The van der Waals surface area contributed by atoms with E-state index in [0.29, 0.717) is 10.6 Å². The van der Waals surface area contributed by atoms with E-state index in [0.717, 1.165) is 17.6 Å². The largest absolute Gasteiger partial charge is 0.398 e. The van der Waals surface area contributed by atoms with E-state index in [-0.39, 0.29) is 6.04 Å². The summed E-state index contributed by atoms with van der Waals surface area (Å²) in [6.07, 6.45) is -0.654. The number of nitrogens with zero attached hydrogens (tertiary/aromatic N) is 2. The normalized spacial score (nSPS) is 13.2. The van der Waals surface area contributed by atoms with E-state index in [1.54, 1.807) is 30.5 Å². The summed E-state index contributed by atoms with van der Waals surface area (Å²) >= 11 is 0.783. The van der Waals surface area contributed by atoms with Crippen LogP contribution in [0.25, 0.3) is 0 Å². The molecule has 0 fully saturated rings. The van der Waals surface area contributed by atoms with Crippen molar-refractivity contribution in [2.75, 3.05) is 11.1 Å². The van der Waals surface area contributed by atoms with Crippen molar-refractivity contribution >= 4 is 17.4 Å². The Balaban J connectivity index is 2.11. The molecule has 0 bridgehead atoms. The maximum atomic E-state index is 12.4. The van der Waals surface area contributed by atoms with E-state index in [1.165, 1.54) is 0 Å². The van der Waals surface area contributed by atoms with Gasteiger partial charge in [-0.3, -0.25) is 0 Å². The molecule has 0 saturated heterocycles. The number of rotatable bonds is 5. The molecular weight excluding hydrogens is 299 g/mol. The zero-order valence-corrected chi connectivity index (χ0v) is 12.5. The number of nitrogens with one attached hydrogen (secondary N) is 1. The van der Waals surface area contributed by atoms with Crippen LogP contribution < -0.4 is 5.32 Å². The molecule has 1 heterocycles. The Bertz CT molecular complexity index is 595. The number of alkyl halides is 3. The summed E-state index contributed by atoms with van der Waals surface area (Å²) in [5, 5.41) is 3.22. The Morgan fingerprint density at radius 3 is 2.67 bits per heavy atom. The van der Waals surface area contributed by atoms with Gasteiger partial charge in [-0.25, -0.2) is 4.98 Å². The molecule has 0 amide bonds. The predicted molar refractivity (Wildman–Crippen MR) is 78.5 cm³/mol. The van der Waals surface area contributed by atoms with Crippen molar-refractivity contribution < 1.29 is 13.2 Å². The number of aromatic nitrogens is 2. The number of para-hydroxylation sites is 1. The zero-order chi connectivity index (χ0) is 15.5. The van der Waals surface area contributed by atoms with Gasteiger partial charge in [-0.1, -0.05) is 12.1 Å². The standard InChI is InChI=1S/C14H16F3N3S/c1-10(13-18-7-8-20(13)2)19-11-5-3-4-6-12(11)21-9-14(15,16)17/h3-8,10,19H,9H2,1-2H3. The molecule has 21 heavy (non-hydrogen) atoms. The van der Waals surface area contributed by atoms with Gasteiger partial charge in [-0.2, -0.15) is 13.2 Å². The second-order valence-electron chi connectivity index (χ2n) is 4.66. The minimum atomic E-state index is -4.18. The van der Waals surface area contributed by atoms with Gasteiger partial charge in [0.25, 0.3) is 0 Å². The van der Waals surface area contributed by atoms with Gasteiger partial charge < -0.3 is 9.88 Å². The third-order valence-corrected chi connectivity index (χ3v) is 4.03. The third kappa shape index (κ3) is 4.42. The fourth-order valence-electron chi connectivity index (χ4n) is 1.96. The summed E-state index contributed by atoms with van der Waals surface area (Å²) < 4.78 is 38.9. The number of hydrogen-bond acceptors (Lipinski definition) is 3.